The van der Waals surface area contributed by atoms with E-state index in [0.717, 1.165) is 28.9 Å². The van der Waals surface area contributed by atoms with Crippen molar-refractivity contribution in [3.63, 3.8) is 0 Å². The van der Waals surface area contributed by atoms with Crippen LogP contribution in [0.4, 0.5) is 11.4 Å². The summed E-state index contributed by atoms with van der Waals surface area (Å²) in [6.07, 6.45) is 8.14. The Morgan fingerprint density at radius 1 is 0.600 bits per heavy atom. The summed E-state index contributed by atoms with van der Waals surface area (Å²) >= 11 is 1.87. The van der Waals surface area contributed by atoms with Crippen LogP contribution in [0.2, 0.25) is 0 Å². The van der Waals surface area contributed by atoms with Crippen molar-refractivity contribution in [2.24, 2.45) is 17.8 Å². The number of fused-ring (bicyclic) bond motifs is 10. The Morgan fingerprint density at radius 3 is 2.09 bits per heavy atom. The molecule has 0 amide bonds. The molecule has 2 nitrogen and oxygen atoms in total. The van der Waals surface area contributed by atoms with E-state index in [-0.39, 0.29) is 5.54 Å². The average Bonchev–Trinajstić information content (AvgIpc) is 3.63. The summed E-state index contributed by atoms with van der Waals surface area (Å²) in [5, 5.41) is 10.4. The number of furan rings is 1. The molecular formula is C42H33NOS. The fourth-order valence-corrected chi connectivity index (χ4v) is 11.5. The van der Waals surface area contributed by atoms with Crippen molar-refractivity contribution in [1.82, 2.24) is 0 Å². The molecule has 4 saturated carbocycles. The van der Waals surface area contributed by atoms with Crippen molar-refractivity contribution in [3.8, 4) is 0 Å². The van der Waals surface area contributed by atoms with E-state index in [9.17, 15) is 0 Å². The third kappa shape index (κ3) is 3.45. The average molecular weight is 600 g/mol. The number of benzene rings is 6. The van der Waals surface area contributed by atoms with Crippen LogP contribution in [-0.2, 0) is 0 Å². The molecule has 12 rings (SSSR count). The zero-order chi connectivity index (χ0) is 29.3. The second-order valence-electron chi connectivity index (χ2n) is 14.3. The van der Waals surface area contributed by atoms with Crippen LogP contribution in [0.1, 0.15) is 38.5 Å². The zero-order valence-corrected chi connectivity index (χ0v) is 25.9. The van der Waals surface area contributed by atoms with Crippen LogP contribution in [0.3, 0.4) is 0 Å². The Hall–Kier alpha value is -4.34. The third-order valence-corrected chi connectivity index (χ3v) is 12.9. The molecule has 0 aliphatic heterocycles. The molecule has 218 valence electrons. The van der Waals surface area contributed by atoms with Gasteiger partial charge in [0.2, 0.25) is 0 Å². The smallest absolute Gasteiger partial charge is 0.155 e. The van der Waals surface area contributed by atoms with Gasteiger partial charge >= 0.3 is 0 Å². The van der Waals surface area contributed by atoms with Gasteiger partial charge in [-0.1, -0.05) is 78.9 Å². The standard InChI is InChI=1S/C42H33NOS/c1-2-8-31-28(7-1)13-14-29-20-30(15-16-32(29)31)43(42-22-25-17-26(23-42)19-27(18-25)24-42)36-21-35-33-9-4-6-12-38(33)45-41(35)40-39(36)34-10-3-5-11-37(34)44-40/h1-16,20-21,25-27H,17-19,22-24H2. The first kappa shape index (κ1) is 24.9. The van der Waals surface area contributed by atoms with Crippen LogP contribution in [0.5, 0.6) is 0 Å². The zero-order valence-electron chi connectivity index (χ0n) is 25.1. The number of anilines is 2. The van der Waals surface area contributed by atoms with E-state index in [1.165, 1.54) is 102 Å². The number of para-hydroxylation sites is 1. The van der Waals surface area contributed by atoms with E-state index in [4.69, 9.17) is 4.42 Å². The molecule has 0 atom stereocenters. The maximum atomic E-state index is 6.84. The fourth-order valence-electron chi connectivity index (χ4n) is 10.4. The molecule has 0 unspecified atom stereocenters. The fraction of sp³-hybridized carbons (Fsp3) is 0.238. The number of hydrogen-bond donors (Lipinski definition) is 0. The number of rotatable bonds is 3. The minimum Gasteiger partial charge on any atom is -0.454 e. The number of nitrogens with zero attached hydrogens (tertiary/aromatic N) is 1. The predicted molar refractivity (Wildman–Crippen MR) is 191 cm³/mol. The van der Waals surface area contributed by atoms with Gasteiger partial charge in [0.15, 0.2) is 5.58 Å². The van der Waals surface area contributed by atoms with Gasteiger partial charge in [-0.3, -0.25) is 0 Å². The monoisotopic (exact) mass is 599 g/mol. The van der Waals surface area contributed by atoms with Crippen molar-refractivity contribution in [3.05, 3.63) is 109 Å². The Morgan fingerprint density at radius 2 is 1.27 bits per heavy atom. The van der Waals surface area contributed by atoms with Crippen LogP contribution in [0.25, 0.3) is 63.7 Å². The number of hydrogen-bond acceptors (Lipinski definition) is 3. The summed E-state index contributed by atoms with van der Waals surface area (Å²) in [7, 11) is 0. The molecule has 4 aliphatic carbocycles. The van der Waals surface area contributed by atoms with Gasteiger partial charge in [-0.2, -0.15) is 0 Å². The molecule has 4 bridgehead atoms. The Labute approximate surface area is 265 Å². The minimum atomic E-state index is 0.115. The molecule has 2 heterocycles. The molecule has 45 heavy (non-hydrogen) atoms. The van der Waals surface area contributed by atoms with E-state index in [2.05, 4.69) is 114 Å². The summed E-state index contributed by atoms with van der Waals surface area (Å²) in [4.78, 5) is 2.85. The van der Waals surface area contributed by atoms with Gasteiger partial charge in [0.1, 0.15) is 5.58 Å². The molecule has 3 heteroatoms. The van der Waals surface area contributed by atoms with Gasteiger partial charge in [-0.15, -0.1) is 11.3 Å². The molecule has 2 aromatic heterocycles. The highest BCUT2D eigenvalue weighted by atomic mass is 32.1. The highest BCUT2D eigenvalue weighted by molar-refractivity contribution is 7.26. The second kappa shape index (κ2) is 8.89. The lowest BCUT2D eigenvalue weighted by Crippen LogP contribution is -2.58. The maximum Gasteiger partial charge on any atom is 0.155 e. The van der Waals surface area contributed by atoms with Crippen molar-refractivity contribution < 1.29 is 4.42 Å². The van der Waals surface area contributed by atoms with Crippen LogP contribution in [-0.4, -0.2) is 5.54 Å². The minimum absolute atomic E-state index is 0.115. The molecule has 4 aliphatic rings. The van der Waals surface area contributed by atoms with Gasteiger partial charge in [-0.05, 0) is 108 Å². The molecular weight excluding hydrogens is 567 g/mol. The molecule has 4 fully saturated rings. The summed E-state index contributed by atoms with van der Waals surface area (Å²) in [6.45, 7) is 0. The first-order chi connectivity index (χ1) is 22.2. The van der Waals surface area contributed by atoms with E-state index in [1.54, 1.807) is 0 Å². The molecule has 0 saturated heterocycles. The van der Waals surface area contributed by atoms with E-state index < -0.39 is 0 Å². The third-order valence-electron chi connectivity index (χ3n) is 11.7. The Bertz CT molecular complexity index is 2460. The Balaban J connectivity index is 1.26. The lowest BCUT2D eigenvalue weighted by atomic mass is 9.52. The van der Waals surface area contributed by atoms with E-state index >= 15 is 0 Å². The summed E-state index contributed by atoms with van der Waals surface area (Å²) in [6, 6.07) is 40.9. The van der Waals surface area contributed by atoms with E-state index in [0.29, 0.717) is 0 Å². The molecule has 0 N–H and O–H groups in total. The quantitative estimate of drug-likeness (QED) is 0.188. The van der Waals surface area contributed by atoms with Gasteiger partial charge < -0.3 is 9.32 Å². The Kier molecular flexibility index (Phi) is 4.92. The summed E-state index contributed by atoms with van der Waals surface area (Å²) in [5.41, 5.74) is 4.79. The topological polar surface area (TPSA) is 16.4 Å². The largest absolute Gasteiger partial charge is 0.454 e. The summed E-state index contributed by atoms with van der Waals surface area (Å²) < 4.78 is 9.43. The molecule has 8 aromatic rings. The lowest BCUT2D eigenvalue weighted by molar-refractivity contribution is 0.000665. The van der Waals surface area contributed by atoms with Crippen molar-refractivity contribution in [1.29, 1.82) is 0 Å². The van der Waals surface area contributed by atoms with Crippen LogP contribution in [0, 0.1) is 17.8 Å². The van der Waals surface area contributed by atoms with E-state index in [1.807, 2.05) is 11.3 Å². The highest BCUT2D eigenvalue weighted by Gasteiger charge is 2.54. The first-order valence-corrected chi connectivity index (χ1v) is 17.5. The molecule has 0 radical (unpaired) electrons. The predicted octanol–water partition coefficient (Wildman–Crippen LogP) is 12.4. The normalized spacial score (nSPS) is 24.2. The van der Waals surface area contributed by atoms with Crippen molar-refractivity contribution in [2.75, 3.05) is 4.90 Å². The van der Waals surface area contributed by atoms with Gasteiger partial charge in [0.05, 0.1) is 15.8 Å². The van der Waals surface area contributed by atoms with Gasteiger partial charge in [-0.25, -0.2) is 0 Å². The van der Waals surface area contributed by atoms with Crippen molar-refractivity contribution in [2.45, 2.75) is 44.1 Å². The first-order valence-electron chi connectivity index (χ1n) is 16.7. The van der Waals surface area contributed by atoms with Crippen LogP contribution < -0.4 is 4.90 Å². The SMILES string of the molecule is c1ccc2c(c1)ccc1cc(N(c3cc4c5ccccc5sc4c4oc5ccccc5c34)C34CC5CC(CC(C5)C3)C4)ccc12. The maximum absolute atomic E-state index is 6.84. The van der Waals surface area contributed by atoms with Gasteiger partial charge in [0.25, 0.3) is 0 Å². The van der Waals surface area contributed by atoms with Crippen molar-refractivity contribution >= 4 is 86.4 Å². The number of thiophene rings is 1. The lowest BCUT2D eigenvalue weighted by Gasteiger charge is -2.61. The molecule has 6 aromatic carbocycles. The highest BCUT2D eigenvalue weighted by Crippen LogP contribution is 2.61. The second-order valence-corrected chi connectivity index (χ2v) is 15.4. The molecule has 0 spiro atoms. The van der Waals surface area contributed by atoms with Gasteiger partial charge in [0, 0.05) is 32.1 Å². The van der Waals surface area contributed by atoms with Crippen LogP contribution >= 0.6 is 11.3 Å². The summed E-state index contributed by atoms with van der Waals surface area (Å²) in [5.74, 6) is 2.52. The van der Waals surface area contributed by atoms with Crippen LogP contribution in [0.15, 0.2) is 114 Å².